The molecule has 0 saturated carbocycles. The van der Waals surface area contributed by atoms with Gasteiger partial charge in [-0.1, -0.05) is 30.3 Å². The van der Waals surface area contributed by atoms with Crippen molar-refractivity contribution in [3.63, 3.8) is 0 Å². The average molecular weight is 428 g/mol. The van der Waals surface area contributed by atoms with Gasteiger partial charge >= 0.3 is 11.9 Å². The number of amides is 1. The van der Waals surface area contributed by atoms with E-state index in [1.807, 2.05) is 37.3 Å². The molecule has 0 spiro atoms. The maximum atomic E-state index is 12.7. The standard InChI is InChI=1S/C23H29N3O5/c1-4-30-22(28)19-12-8-9-13-25(19)20(27)15-31-23(29)21-16(2)24-26(17(21)3)14-18-10-6-5-7-11-18/h5-7,10-11,19H,4,8-9,12-15H2,1-3H3. The van der Waals surface area contributed by atoms with Crippen molar-refractivity contribution in [2.24, 2.45) is 0 Å². The predicted molar refractivity (Wildman–Crippen MR) is 114 cm³/mol. The first-order valence-electron chi connectivity index (χ1n) is 10.6. The number of benzene rings is 1. The van der Waals surface area contributed by atoms with Gasteiger partial charge in [0.25, 0.3) is 5.91 Å². The van der Waals surface area contributed by atoms with Gasteiger partial charge in [0.1, 0.15) is 11.6 Å². The Morgan fingerprint density at radius 1 is 1.10 bits per heavy atom. The van der Waals surface area contributed by atoms with E-state index in [9.17, 15) is 14.4 Å². The van der Waals surface area contributed by atoms with Crippen LogP contribution in [0.5, 0.6) is 0 Å². The van der Waals surface area contributed by atoms with Crippen molar-refractivity contribution in [1.29, 1.82) is 0 Å². The first kappa shape index (κ1) is 22.5. The Morgan fingerprint density at radius 3 is 2.55 bits per heavy atom. The molecule has 1 fully saturated rings. The van der Waals surface area contributed by atoms with E-state index in [0.29, 0.717) is 36.5 Å². The zero-order valence-electron chi connectivity index (χ0n) is 18.3. The van der Waals surface area contributed by atoms with E-state index in [1.54, 1.807) is 18.5 Å². The fourth-order valence-corrected chi connectivity index (χ4v) is 3.90. The molecule has 1 aromatic heterocycles. The lowest BCUT2D eigenvalue weighted by molar-refractivity contribution is -0.157. The minimum Gasteiger partial charge on any atom is -0.464 e. The summed E-state index contributed by atoms with van der Waals surface area (Å²) in [6.45, 7) is 6.12. The smallest absolute Gasteiger partial charge is 0.342 e. The quantitative estimate of drug-likeness (QED) is 0.631. The van der Waals surface area contributed by atoms with Gasteiger partial charge in [0.15, 0.2) is 6.61 Å². The minimum atomic E-state index is -0.614. The summed E-state index contributed by atoms with van der Waals surface area (Å²) in [6.07, 6.45) is 2.22. The number of hydrogen-bond acceptors (Lipinski definition) is 6. The molecule has 0 bridgehead atoms. The molecule has 166 valence electrons. The Balaban J connectivity index is 1.65. The number of esters is 2. The van der Waals surface area contributed by atoms with E-state index < -0.39 is 30.5 Å². The summed E-state index contributed by atoms with van der Waals surface area (Å²) < 4.78 is 12.2. The van der Waals surface area contributed by atoms with Gasteiger partial charge in [0.05, 0.1) is 24.5 Å². The molecule has 8 heteroatoms. The Labute approximate surface area is 182 Å². The number of rotatable bonds is 7. The molecule has 1 amide bonds. The van der Waals surface area contributed by atoms with Crippen LogP contribution in [0, 0.1) is 13.8 Å². The van der Waals surface area contributed by atoms with Crippen LogP contribution in [-0.4, -0.2) is 58.3 Å². The Kier molecular flexibility index (Phi) is 7.44. The molecule has 0 radical (unpaired) electrons. The first-order valence-corrected chi connectivity index (χ1v) is 10.6. The second-order valence-corrected chi connectivity index (χ2v) is 7.62. The van der Waals surface area contributed by atoms with Gasteiger partial charge in [0, 0.05) is 6.54 Å². The summed E-state index contributed by atoms with van der Waals surface area (Å²) in [5.41, 5.74) is 2.66. The molecule has 0 N–H and O–H groups in total. The molecule has 3 rings (SSSR count). The van der Waals surface area contributed by atoms with Crippen LogP contribution in [0.1, 0.15) is 53.5 Å². The summed E-state index contributed by atoms with van der Waals surface area (Å²) in [7, 11) is 0. The van der Waals surface area contributed by atoms with E-state index in [1.165, 1.54) is 4.90 Å². The van der Waals surface area contributed by atoms with Gasteiger partial charge in [-0.15, -0.1) is 0 Å². The van der Waals surface area contributed by atoms with E-state index >= 15 is 0 Å². The summed E-state index contributed by atoms with van der Waals surface area (Å²) in [5, 5.41) is 4.46. The van der Waals surface area contributed by atoms with Crippen molar-refractivity contribution in [3.8, 4) is 0 Å². The Hall–Kier alpha value is -3.16. The topological polar surface area (TPSA) is 90.7 Å². The van der Waals surface area contributed by atoms with E-state index in [4.69, 9.17) is 9.47 Å². The van der Waals surface area contributed by atoms with Crippen LogP contribution in [0.2, 0.25) is 0 Å². The van der Waals surface area contributed by atoms with Crippen molar-refractivity contribution in [1.82, 2.24) is 14.7 Å². The average Bonchev–Trinajstić information content (AvgIpc) is 3.05. The molecule has 2 aromatic rings. The molecular formula is C23H29N3O5. The van der Waals surface area contributed by atoms with Gasteiger partial charge in [-0.05, 0) is 45.6 Å². The number of nitrogens with zero attached hydrogens (tertiary/aromatic N) is 3. The number of aryl methyl sites for hydroxylation is 1. The molecule has 1 aromatic carbocycles. The first-order chi connectivity index (χ1) is 14.9. The second-order valence-electron chi connectivity index (χ2n) is 7.62. The van der Waals surface area contributed by atoms with Crippen molar-refractivity contribution < 1.29 is 23.9 Å². The third-order valence-corrected chi connectivity index (χ3v) is 5.47. The number of piperidine rings is 1. The summed E-state index contributed by atoms with van der Waals surface area (Å²) in [4.78, 5) is 39.1. The normalized spacial score (nSPS) is 16.1. The number of hydrogen-bond donors (Lipinski definition) is 0. The number of aromatic nitrogens is 2. The molecule has 8 nitrogen and oxygen atoms in total. The molecule has 1 unspecified atom stereocenters. The zero-order valence-corrected chi connectivity index (χ0v) is 18.3. The molecule has 0 aliphatic carbocycles. The van der Waals surface area contributed by atoms with Gasteiger partial charge in [0.2, 0.25) is 0 Å². The summed E-state index contributed by atoms with van der Waals surface area (Å²) in [6, 6.07) is 9.21. The second kappa shape index (κ2) is 10.2. The van der Waals surface area contributed by atoms with Crippen LogP contribution in [0.3, 0.4) is 0 Å². The van der Waals surface area contributed by atoms with E-state index in [2.05, 4.69) is 5.10 Å². The summed E-state index contributed by atoms with van der Waals surface area (Å²) >= 11 is 0. The molecular weight excluding hydrogens is 398 g/mol. The van der Waals surface area contributed by atoms with Crippen molar-refractivity contribution in [2.75, 3.05) is 19.8 Å². The summed E-state index contributed by atoms with van der Waals surface area (Å²) in [5.74, 6) is -1.39. The maximum absolute atomic E-state index is 12.7. The Bertz CT molecular complexity index is 938. The number of ether oxygens (including phenoxy) is 2. The minimum absolute atomic E-state index is 0.262. The fourth-order valence-electron chi connectivity index (χ4n) is 3.90. The van der Waals surface area contributed by atoms with E-state index in [0.717, 1.165) is 18.4 Å². The lowest BCUT2D eigenvalue weighted by atomic mass is 10.0. The highest BCUT2D eigenvalue weighted by Crippen LogP contribution is 2.20. The van der Waals surface area contributed by atoms with Gasteiger partial charge in [-0.2, -0.15) is 5.10 Å². The van der Waals surface area contributed by atoms with Crippen LogP contribution < -0.4 is 0 Å². The van der Waals surface area contributed by atoms with Crippen molar-refractivity contribution in [3.05, 3.63) is 52.8 Å². The number of carbonyl (C=O) groups is 3. The number of likely N-dealkylation sites (tertiary alicyclic amines) is 1. The highest BCUT2D eigenvalue weighted by molar-refractivity contribution is 5.94. The highest BCUT2D eigenvalue weighted by atomic mass is 16.5. The van der Waals surface area contributed by atoms with Crippen LogP contribution >= 0.6 is 0 Å². The van der Waals surface area contributed by atoms with Gasteiger partial charge < -0.3 is 14.4 Å². The molecule has 1 atom stereocenters. The van der Waals surface area contributed by atoms with Crippen molar-refractivity contribution >= 4 is 17.8 Å². The van der Waals surface area contributed by atoms with Gasteiger partial charge in [-0.3, -0.25) is 9.48 Å². The third kappa shape index (κ3) is 5.31. The SMILES string of the molecule is CCOC(=O)C1CCCCN1C(=O)COC(=O)c1c(C)nn(Cc2ccccc2)c1C. The number of carbonyl (C=O) groups excluding carboxylic acids is 3. The fraction of sp³-hybridized carbons (Fsp3) is 0.478. The molecule has 31 heavy (non-hydrogen) atoms. The molecule has 2 heterocycles. The largest absolute Gasteiger partial charge is 0.464 e. The zero-order chi connectivity index (χ0) is 22.4. The highest BCUT2D eigenvalue weighted by Gasteiger charge is 2.33. The Morgan fingerprint density at radius 2 is 1.84 bits per heavy atom. The predicted octanol–water partition coefficient (Wildman–Crippen LogP) is 2.65. The third-order valence-electron chi connectivity index (χ3n) is 5.47. The van der Waals surface area contributed by atoms with Crippen LogP contribution in [0.25, 0.3) is 0 Å². The molecule has 1 aliphatic rings. The molecule has 1 saturated heterocycles. The van der Waals surface area contributed by atoms with Crippen LogP contribution in [-0.2, 0) is 25.6 Å². The van der Waals surface area contributed by atoms with Gasteiger partial charge in [-0.25, -0.2) is 9.59 Å². The van der Waals surface area contributed by atoms with Crippen LogP contribution in [0.4, 0.5) is 0 Å². The molecule has 1 aliphatic heterocycles. The maximum Gasteiger partial charge on any atom is 0.342 e. The lowest BCUT2D eigenvalue weighted by Crippen LogP contribution is -2.50. The van der Waals surface area contributed by atoms with E-state index in [-0.39, 0.29) is 6.61 Å². The monoisotopic (exact) mass is 427 g/mol. The van der Waals surface area contributed by atoms with Crippen molar-refractivity contribution in [2.45, 2.75) is 52.6 Å². The van der Waals surface area contributed by atoms with Crippen LogP contribution in [0.15, 0.2) is 30.3 Å². The lowest BCUT2D eigenvalue weighted by Gasteiger charge is -2.33.